The minimum atomic E-state index is -0.0735. The van der Waals surface area contributed by atoms with Crippen molar-refractivity contribution in [2.45, 2.75) is 19.3 Å². The molecule has 1 aliphatic carbocycles. The zero-order valence-corrected chi connectivity index (χ0v) is 23.8. The van der Waals surface area contributed by atoms with Crippen LogP contribution in [0.1, 0.15) is 25.0 Å². The number of anilines is 3. The number of fused-ring (bicyclic) bond motifs is 6. The van der Waals surface area contributed by atoms with E-state index in [9.17, 15) is 0 Å². The third-order valence-electron chi connectivity index (χ3n) is 8.54. The van der Waals surface area contributed by atoms with Crippen molar-refractivity contribution in [1.29, 1.82) is 0 Å². The van der Waals surface area contributed by atoms with Crippen molar-refractivity contribution >= 4 is 48.7 Å². The summed E-state index contributed by atoms with van der Waals surface area (Å²) in [6.07, 6.45) is 1.95. The van der Waals surface area contributed by atoms with Crippen LogP contribution >= 0.6 is 11.3 Å². The Bertz CT molecular complexity index is 2070. The molecule has 0 aliphatic heterocycles. The second kappa shape index (κ2) is 9.15. The second-order valence-corrected chi connectivity index (χ2v) is 12.3. The average Bonchev–Trinajstić information content (AvgIpc) is 3.51. The van der Waals surface area contributed by atoms with Gasteiger partial charge in [-0.3, -0.25) is 4.98 Å². The maximum absolute atomic E-state index is 4.85. The summed E-state index contributed by atoms with van der Waals surface area (Å²) >= 11 is 1.82. The molecule has 0 fully saturated rings. The van der Waals surface area contributed by atoms with Crippen molar-refractivity contribution in [3.63, 3.8) is 0 Å². The van der Waals surface area contributed by atoms with E-state index in [4.69, 9.17) is 4.98 Å². The Morgan fingerprint density at radius 3 is 2.15 bits per heavy atom. The molecule has 2 aromatic heterocycles. The van der Waals surface area contributed by atoms with Gasteiger partial charge in [-0.05, 0) is 69.8 Å². The third kappa shape index (κ3) is 3.73. The third-order valence-corrected chi connectivity index (χ3v) is 9.72. The van der Waals surface area contributed by atoms with Gasteiger partial charge in [-0.25, -0.2) is 0 Å². The van der Waals surface area contributed by atoms with E-state index in [0.29, 0.717) is 0 Å². The Morgan fingerprint density at radius 2 is 1.29 bits per heavy atom. The monoisotopic (exact) mass is 544 g/mol. The van der Waals surface area contributed by atoms with Crippen LogP contribution in [0.25, 0.3) is 42.6 Å². The highest BCUT2D eigenvalue weighted by molar-refractivity contribution is 7.26. The fourth-order valence-electron chi connectivity index (χ4n) is 6.46. The normalized spacial score (nSPS) is 13.3. The summed E-state index contributed by atoms with van der Waals surface area (Å²) in [6, 6.07) is 46.1. The summed E-state index contributed by atoms with van der Waals surface area (Å²) in [6.45, 7) is 4.69. The van der Waals surface area contributed by atoms with E-state index >= 15 is 0 Å². The number of benzene rings is 5. The van der Waals surface area contributed by atoms with Crippen molar-refractivity contribution in [3.05, 3.63) is 145 Å². The lowest BCUT2D eigenvalue weighted by Crippen LogP contribution is -2.16. The Kier molecular flexibility index (Phi) is 5.38. The van der Waals surface area contributed by atoms with E-state index < -0.39 is 0 Å². The van der Waals surface area contributed by atoms with E-state index in [1.165, 1.54) is 48.2 Å². The molecule has 41 heavy (non-hydrogen) atoms. The lowest BCUT2D eigenvalue weighted by molar-refractivity contribution is 0.660. The number of hydrogen-bond donors (Lipinski definition) is 0. The molecule has 0 unspecified atom stereocenters. The van der Waals surface area contributed by atoms with Crippen LogP contribution in [0.2, 0.25) is 0 Å². The summed E-state index contributed by atoms with van der Waals surface area (Å²) < 4.78 is 2.45. The Labute approximate surface area is 244 Å². The van der Waals surface area contributed by atoms with Crippen molar-refractivity contribution < 1.29 is 0 Å². The van der Waals surface area contributed by atoms with Crippen molar-refractivity contribution in [3.8, 4) is 22.3 Å². The van der Waals surface area contributed by atoms with Gasteiger partial charge in [0.2, 0.25) is 0 Å². The number of pyridine rings is 1. The molecule has 0 spiro atoms. The van der Waals surface area contributed by atoms with Gasteiger partial charge in [0, 0.05) is 33.1 Å². The van der Waals surface area contributed by atoms with Gasteiger partial charge in [0.15, 0.2) is 0 Å². The molecule has 0 bridgehead atoms. The van der Waals surface area contributed by atoms with E-state index in [1.807, 2.05) is 17.5 Å². The molecular weight excluding hydrogens is 516 g/mol. The maximum atomic E-state index is 4.85. The van der Waals surface area contributed by atoms with Gasteiger partial charge >= 0.3 is 0 Å². The second-order valence-electron chi connectivity index (χ2n) is 11.3. The van der Waals surface area contributed by atoms with Crippen LogP contribution in [0.5, 0.6) is 0 Å². The van der Waals surface area contributed by atoms with Crippen LogP contribution in [0.3, 0.4) is 0 Å². The van der Waals surface area contributed by atoms with Crippen LogP contribution in [0.4, 0.5) is 17.1 Å². The fraction of sp³-hybridized carbons (Fsp3) is 0.0789. The molecule has 196 valence electrons. The molecule has 0 N–H and O–H groups in total. The summed E-state index contributed by atoms with van der Waals surface area (Å²) in [5, 5.41) is 1.21. The standard InChI is InChI=1S/C38H28N2S/c1-38(2)32-14-8-6-12-29(32)30-21-20-28(24-33(30)38)40(27-18-16-26(17-19-27)25-10-4-3-5-11-25)34-22-23-39-36-31-13-7-9-15-35(31)41-37(34)36/h3-24H,1-2H3. The lowest BCUT2D eigenvalue weighted by atomic mass is 9.82. The fourth-order valence-corrected chi connectivity index (χ4v) is 7.62. The van der Waals surface area contributed by atoms with Gasteiger partial charge in [0.25, 0.3) is 0 Å². The van der Waals surface area contributed by atoms with Crippen molar-refractivity contribution in [2.75, 3.05) is 4.90 Å². The summed E-state index contributed by atoms with van der Waals surface area (Å²) in [7, 11) is 0. The first-order chi connectivity index (χ1) is 20.1. The molecule has 1 aliphatic rings. The summed E-state index contributed by atoms with van der Waals surface area (Å²) in [5.74, 6) is 0. The highest BCUT2D eigenvalue weighted by Crippen LogP contribution is 2.51. The van der Waals surface area contributed by atoms with Crippen molar-refractivity contribution in [2.24, 2.45) is 0 Å². The molecule has 0 atom stereocenters. The number of nitrogens with zero attached hydrogens (tertiary/aromatic N) is 2. The van der Waals surface area contributed by atoms with Crippen LogP contribution in [0.15, 0.2) is 134 Å². The minimum absolute atomic E-state index is 0.0735. The molecular formula is C38H28N2S. The predicted octanol–water partition coefficient (Wildman–Crippen LogP) is 10.9. The minimum Gasteiger partial charge on any atom is -0.309 e. The van der Waals surface area contributed by atoms with E-state index in [-0.39, 0.29) is 5.41 Å². The Balaban J connectivity index is 1.34. The van der Waals surface area contributed by atoms with E-state index in [1.54, 1.807) is 0 Å². The molecule has 0 amide bonds. The molecule has 0 saturated heterocycles. The Morgan fingerprint density at radius 1 is 0.610 bits per heavy atom. The van der Waals surface area contributed by atoms with Crippen LogP contribution < -0.4 is 4.90 Å². The topological polar surface area (TPSA) is 16.1 Å². The summed E-state index contributed by atoms with van der Waals surface area (Å²) in [4.78, 5) is 7.26. The largest absolute Gasteiger partial charge is 0.309 e. The number of rotatable bonds is 4. The van der Waals surface area contributed by atoms with Crippen LogP contribution in [0, 0.1) is 0 Å². The molecule has 0 saturated carbocycles. The highest BCUT2D eigenvalue weighted by Gasteiger charge is 2.35. The van der Waals surface area contributed by atoms with Gasteiger partial charge in [0.1, 0.15) is 0 Å². The SMILES string of the molecule is CC1(C)c2ccccc2-c2ccc(N(c3ccc(-c4ccccc4)cc3)c3ccnc4c3sc3ccccc34)cc21. The van der Waals surface area contributed by atoms with E-state index in [0.717, 1.165) is 22.6 Å². The molecule has 7 aromatic rings. The van der Waals surface area contributed by atoms with Gasteiger partial charge in [-0.2, -0.15) is 0 Å². The van der Waals surface area contributed by atoms with E-state index in [2.05, 4.69) is 146 Å². The molecule has 5 aromatic carbocycles. The first kappa shape index (κ1) is 24.1. The first-order valence-electron chi connectivity index (χ1n) is 14.1. The first-order valence-corrected chi connectivity index (χ1v) is 14.9. The number of hydrogen-bond acceptors (Lipinski definition) is 3. The average molecular weight is 545 g/mol. The molecule has 0 radical (unpaired) electrons. The highest BCUT2D eigenvalue weighted by atomic mass is 32.1. The quantitative estimate of drug-likeness (QED) is 0.219. The maximum Gasteiger partial charge on any atom is 0.0909 e. The van der Waals surface area contributed by atoms with Gasteiger partial charge < -0.3 is 4.90 Å². The molecule has 8 rings (SSSR count). The molecule has 2 nitrogen and oxygen atoms in total. The number of aromatic nitrogens is 1. The zero-order valence-electron chi connectivity index (χ0n) is 23.0. The zero-order chi connectivity index (χ0) is 27.6. The molecule has 2 heterocycles. The lowest BCUT2D eigenvalue weighted by Gasteiger charge is -2.28. The smallest absolute Gasteiger partial charge is 0.0909 e. The van der Waals surface area contributed by atoms with Gasteiger partial charge in [0.05, 0.1) is 15.9 Å². The van der Waals surface area contributed by atoms with Crippen LogP contribution in [-0.4, -0.2) is 4.98 Å². The molecule has 3 heteroatoms. The predicted molar refractivity (Wildman–Crippen MR) is 175 cm³/mol. The van der Waals surface area contributed by atoms with Crippen molar-refractivity contribution in [1.82, 2.24) is 4.98 Å². The van der Waals surface area contributed by atoms with Crippen LogP contribution in [-0.2, 0) is 5.41 Å². The van der Waals surface area contributed by atoms with Gasteiger partial charge in [-0.1, -0.05) is 105 Å². The van der Waals surface area contributed by atoms with Gasteiger partial charge in [-0.15, -0.1) is 11.3 Å². The summed E-state index contributed by atoms with van der Waals surface area (Å²) in [5.41, 5.74) is 12.3. The Hall–Kier alpha value is -4.73. The number of thiophene rings is 1.